The van der Waals surface area contributed by atoms with Gasteiger partial charge in [-0.25, -0.2) is 0 Å². The number of hydrogen-bond donors (Lipinski definition) is 4. The molecule has 20 heavy (non-hydrogen) atoms. The smallest absolute Gasteiger partial charge is 0.322 e. The van der Waals surface area contributed by atoms with E-state index in [1.807, 2.05) is 0 Å². The summed E-state index contributed by atoms with van der Waals surface area (Å²) in [7, 11) is 0. The molecule has 8 heteroatoms. The molecule has 0 aliphatic heterocycles. The fraction of sp³-hybridized carbons (Fsp3) is 0.333. The van der Waals surface area contributed by atoms with Crippen molar-refractivity contribution >= 4 is 17.8 Å². The summed E-state index contributed by atoms with van der Waals surface area (Å²) in [5, 5.41) is 12.7. The Kier molecular flexibility index (Phi) is 5.01. The summed E-state index contributed by atoms with van der Waals surface area (Å²) in [6.07, 6.45) is 0. The number of aliphatic carboxylic acids is 1. The molecular weight excluding hydrogens is 266 g/mol. The van der Waals surface area contributed by atoms with E-state index in [2.05, 4.69) is 15.6 Å². The van der Waals surface area contributed by atoms with Gasteiger partial charge in [-0.05, 0) is 25.5 Å². The van der Waals surface area contributed by atoms with Gasteiger partial charge in [0, 0.05) is 5.69 Å². The summed E-state index contributed by atoms with van der Waals surface area (Å²) in [5.74, 6) is -2.52. The molecule has 0 spiro atoms. The van der Waals surface area contributed by atoms with E-state index in [4.69, 9.17) is 5.11 Å². The number of hydrogen-bond acceptors (Lipinski definition) is 4. The highest BCUT2D eigenvalue weighted by Gasteiger charge is 2.15. The molecule has 0 bridgehead atoms. The van der Waals surface area contributed by atoms with Crippen LogP contribution in [-0.4, -0.2) is 41.0 Å². The molecule has 0 aliphatic rings. The van der Waals surface area contributed by atoms with E-state index in [0.29, 0.717) is 11.3 Å². The minimum atomic E-state index is -1.18. The van der Waals surface area contributed by atoms with E-state index < -0.39 is 36.4 Å². The summed E-state index contributed by atoms with van der Waals surface area (Å²) in [6, 6.07) is 1.64. The lowest BCUT2D eigenvalue weighted by Gasteiger charge is -2.07. The van der Waals surface area contributed by atoms with Crippen molar-refractivity contribution in [1.82, 2.24) is 15.6 Å². The Labute approximate surface area is 114 Å². The standard InChI is InChI=1S/C12H15N3O5/c1-6-3-7(2)15-12(20)10(6)11(19)14-4-8(16)13-5-9(17)18/h3H,4-5H2,1-2H3,(H,13,16)(H,14,19)(H,15,20)(H,17,18). The zero-order valence-electron chi connectivity index (χ0n) is 11.1. The van der Waals surface area contributed by atoms with Crippen LogP contribution in [0.3, 0.4) is 0 Å². The van der Waals surface area contributed by atoms with Gasteiger partial charge in [-0.15, -0.1) is 0 Å². The van der Waals surface area contributed by atoms with Crippen LogP contribution >= 0.6 is 0 Å². The van der Waals surface area contributed by atoms with Crippen LogP contribution < -0.4 is 16.2 Å². The number of rotatable bonds is 5. The predicted molar refractivity (Wildman–Crippen MR) is 69.5 cm³/mol. The number of carboxylic acids is 1. The molecule has 0 aromatic carbocycles. The number of amides is 2. The number of carbonyl (C=O) groups is 3. The second kappa shape index (κ2) is 6.50. The highest BCUT2D eigenvalue weighted by atomic mass is 16.4. The molecule has 8 nitrogen and oxygen atoms in total. The lowest BCUT2D eigenvalue weighted by atomic mass is 10.1. The SMILES string of the molecule is Cc1cc(C)c(C(=O)NCC(=O)NCC(=O)O)c(=O)[nH]1. The van der Waals surface area contributed by atoms with Gasteiger partial charge in [0.05, 0.1) is 6.54 Å². The molecule has 0 fully saturated rings. The third-order valence-corrected chi connectivity index (χ3v) is 2.44. The van der Waals surface area contributed by atoms with Crippen LogP contribution in [0.1, 0.15) is 21.6 Å². The second-order valence-corrected chi connectivity index (χ2v) is 4.19. The maximum Gasteiger partial charge on any atom is 0.322 e. The second-order valence-electron chi connectivity index (χ2n) is 4.19. The van der Waals surface area contributed by atoms with Gasteiger partial charge in [-0.1, -0.05) is 0 Å². The Hall–Kier alpha value is -2.64. The fourth-order valence-corrected chi connectivity index (χ4v) is 1.62. The predicted octanol–water partition coefficient (Wildman–Crippen LogP) is -1.08. The van der Waals surface area contributed by atoms with Crippen molar-refractivity contribution in [2.24, 2.45) is 0 Å². The summed E-state index contributed by atoms with van der Waals surface area (Å²) >= 11 is 0. The quantitative estimate of drug-likeness (QED) is 0.546. The first kappa shape index (κ1) is 15.4. The van der Waals surface area contributed by atoms with Crippen molar-refractivity contribution in [3.8, 4) is 0 Å². The maximum atomic E-state index is 11.8. The highest BCUT2D eigenvalue weighted by molar-refractivity contribution is 5.97. The molecular formula is C12H15N3O5. The van der Waals surface area contributed by atoms with Crippen molar-refractivity contribution in [2.45, 2.75) is 13.8 Å². The van der Waals surface area contributed by atoms with Crippen molar-refractivity contribution < 1.29 is 19.5 Å². The van der Waals surface area contributed by atoms with Gasteiger partial charge in [0.1, 0.15) is 12.1 Å². The molecule has 1 aromatic rings. The Morgan fingerprint density at radius 1 is 1.20 bits per heavy atom. The number of aromatic amines is 1. The minimum Gasteiger partial charge on any atom is -0.480 e. The molecule has 0 radical (unpaired) electrons. The van der Waals surface area contributed by atoms with E-state index in [1.54, 1.807) is 19.9 Å². The van der Waals surface area contributed by atoms with Gasteiger partial charge < -0.3 is 20.7 Å². The van der Waals surface area contributed by atoms with Crippen molar-refractivity contribution in [3.05, 3.63) is 33.2 Å². The van der Waals surface area contributed by atoms with Gasteiger partial charge >= 0.3 is 5.97 Å². The van der Waals surface area contributed by atoms with Crippen molar-refractivity contribution in [2.75, 3.05) is 13.1 Å². The molecule has 4 N–H and O–H groups in total. The molecule has 1 heterocycles. The normalized spacial score (nSPS) is 9.90. The van der Waals surface area contributed by atoms with E-state index >= 15 is 0 Å². The minimum absolute atomic E-state index is 0.0679. The molecule has 0 unspecified atom stereocenters. The fourth-order valence-electron chi connectivity index (χ4n) is 1.62. The van der Waals surface area contributed by atoms with E-state index in [-0.39, 0.29) is 5.56 Å². The Bertz CT molecular complexity index is 606. The van der Waals surface area contributed by atoms with Crippen LogP contribution in [-0.2, 0) is 9.59 Å². The Morgan fingerprint density at radius 2 is 1.85 bits per heavy atom. The monoisotopic (exact) mass is 281 g/mol. The van der Waals surface area contributed by atoms with Crippen molar-refractivity contribution in [3.63, 3.8) is 0 Å². The number of nitrogens with one attached hydrogen (secondary N) is 3. The summed E-state index contributed by atoms with van der Waals surface area (Å²) < 4.78 is 0. The van der Waals surface area contributed by atoms with Crippen LogP contribution in [0.25, 0.3) is 0 Å². The number of aryl methyl sites for hydroxylation is 2. The summed E-state index contributed by atoms with van der Waals surface area (Å²) in [5.41, 5.74) is 0.519. The van der Waals surface area contributed by atoms with Crippen molar-refractivity contribution in [1.29, 1.82) is 0 Å². The first-order valence-electron chi connectivity index (χ1n) is 5.78. The summed E-state index contributed by atoms with van der Waals surface area (Å²) in [6.45, 7) is 2.37. The lowest BCUT2D eigenvalue weighted by Crippen LogP contribution is -2.40. The highest BCUT2D eigenvalue weighted by Crippen LogP contribution is 2.02. The van der Waals surface area contributed by atoms with Gasteiger partial charge in [0.25, 0.3) is 11.5 Å². The average molecular weight is 281 g/mol. The van der Waals surface area contributed by atoms with Crippen LogP contribution in [0.4, 0.5) is 0 Å². The van der Waals surface area contributed by atoms with E-state index in [9.17, 15) is 19.2 Å². The molecule has 2 amide bonds. The van der Waals surface area contributed by atoms with Gasteiger partial charge in [0.2, 0.25) is 5.91 Å². The lowest BCUT2D eigenvalue weighted by molar-refractivity contribution is -0.137. The molecule has 0 atom stereocenters. The molecule has 0 aliphatic carbocycles. The zero-order chi connectivity index (χ0) is 15.3. The molecule has 0 saturated carbocycles. The molecule has 1 rings (SSSR count). The summed E-state index contributed by atoms with van der Waals surface area (Å²) in [4.78, 5) is 47.4. The number of H-pyrrole nitrogens is 1. The van der Waals surface area contributed by atoms with Gasteiger partial charge in [0.15, 0.2) is 0 Å². The van der Waals surface area contributed by atoms with Gasteiger partial charge in [-0.2, -0.15) is 0 Å². The molecule has 0 saturated heterocycles. The molecule has 1 aromatic heterocycles. The van der Waals surface area contributed by atoms with Crippen LogP contribution in [0.15, 0.2) is 10.9 Å². The number of aromatic nitrogens is 1. The number of pyridine rings is 1. The maximum absolute atomic E-state index is 11.8. The third kappa shape index (κ3) is 4.23. The zero-order valence-corrected chi connectivity index (χ0v) is 11.1. The van der Waals surface area contributed by atoms with E-state index in [0.717, 1.165) is 0 Å². The Morgan fingerprint density at radius 3 is 2.40 bits per heavy atom. The largest absolute Gasteiger partial charge is 0.480 e. The molecule has 108 valence electrons. The van der Waals surface area contributed by atoms with Crippen LogP contribution in [0.2, 0.25) is 0 Å². The topological polar surface area (TPSA) is 128 Å². The number of carboxylic acid groups (broad SMARTS) is 1. The first-order chi connectivity index (χ1) is 9.31. The van der Waals surface area contributed by atoms with E-state index in [1.165, 1.54) is 0 Å². The third-order valence-electron chi connectivity index (χ3n) is 2.44. The van der Waals surface area contributed by atoms with Crippen LogP contribution in [0, 0.1) is 13.8 Å². The van der Waals surface area contributed by atoms with Gasteiger partial charge in [-0.3, -0.25) is 19.2 Å². The average Bonchev–Trinajstić information content (AvgIpc) is 2.32. The first-order valence-corrected chi connectivity index (χ1v) is 5.78. The van der Waals surface area contributed by atoms with Crippen LogP contribution in [0.5, 0.6) is 0 Å². The Balaban J connectivity index is 2.67. The number of carbonyl (C=O) groups excluding carboxylic acids is 2.